The first-order valence-corrected chi connectivity index (χ1v) is 4.16. The Kier molecular flexibility index (Phi) is 2.86. The lowest BCUT2D eigenvalue weighted by molar-refractivity contribution is 0.477. The van der Waals surface area contributed by atoms with Gasteiger partial charge in [0.05, 0.1) is 10.7 Å². The summed E-state index contributed by atoms with van der Waals surface area (Å²) in [6.45, 7) is 1.68. The molecule has 2 N–H and O–H groups in total. The van der Waals surface area contributed by atoms with Crippen molar-refractivity contribution >= 4 is 28.9 Å². The Morgan fingerprint density at radius 2 is 2.15 bits per heavy atom. The van der Waals surface area contributed by atoms with E-state index < -0.39 is 0 Å². The molecule has 3 nitrogen and oxygen atoms in total. The van der Waals surface area contributed by atoms with Gasteiger partial charge in [-0.3, -0.25) is 5.32 Å². The molecule has 0 atom stereocenters. The highest BCUT2D eigenvalue weighted by Gasteiger charge is 2.11. The van der Waals surface area contributed by atoms with Crippen molar-refractivity contribution in [2.75, 3.05) is 5.32 Å². The highest BCUT2D eigenvalue weighted by Crippen LogP contribution is 2.38. The Morgan fingerprint density at radius 3 is 2.69 bits per heavy atom. The van der Waals surface area contributed by atoms with Gasteiger partial charge in [0.15, 0.2) is 11.9 Å². The fourth-order valence-corrected chi connectivity index (χ4v) is 1.32. The molecule has 0 heterocycles. The molecule has 0 bridgehead atoms. The van der Waals surface area contributed by atoms with Crippen LogP contribution in [-0.4, -0.2) is 5.11 Å². The average molecular weight is 217 g/mol. The topological polar surface area (TPSA) is 56.0 Å². The summed E-state index contributed by atoms with van der Waals surface area (Å²) in [5.41, 5.74) is 0.799. The molecule has 13 heavy (non-hydrogen) atoms. The van der Waals surface area contributed by atoms with Crippen LogP contribution in [0.15, 0.2) is 6.07 Å². The van der Waals surface area contributed by atoms with Crippen molar-refractivity contribution in [1.29, 1.82) is 5.26 Å². The van der Waals surface area contributed by atoms with Gasteiger partial charge in [0.1, 0.15) is 0 Å². The third kappa shape index (κ3) is 1.80. The molecule has 0 aliphatic carbocycles. The van der Waals surface area contributed by atoms with Crippen LogP contribution in [0.4, 0.5) is 5.69 Å². The average Bonchev–Trinajstić information content (AvgIpc) is 2.11. The second-order valence-electron chi connectivity index (χ2n) is 2.43. The number of nitriles is 1. The van der Waals surface area contributed by atoms with Crippen molar-refractivity contribution in [2.24, 2.45) is 0 Å². The molecule has 0 unspecified atom stereocenters. The number of aromatic hydroxyl groups is 1. The number of nitrogens with zero attached hydrogens (tertiary/aromatic N) is 1. The molecule has 0 saturated heterocycles. The van der Waals surface area contributed by atoms with E-state index in [1.54, 1.807) is 13.1 Å². The van der Waals surface area contributed by atoms with Gasteiger partial charge in [-0.15, -0.1) is 0 Å². The fraction of sp³-hybridized carbons (Fsp3) is 0.125. The quantitative estimate of drug-likeness (QED) is 0.432. The number of nitrogens with one attached hydrogen (secondary N) is 1. The van der Waals surface area contributed by atoms with Gasteiger partial charge in [-0.25, -0.2) is 0 Å². The largest absolute Gasteiger partial charge is 0.504 e. The summed E-state index contributed by atoms with van der Waals surface area (Å²) in [6, 6.07) is 1.45. The normalized spacial score (nSPS) is 9.38. The first kappa shape index (κ1) is 9.97. The van der Waals surface area contributed by atoms with E-state index >= 15 is 0 Å². The van der Waals surface area contributed by atoms with Gasteiger partial charge >= 0.3 is 0 Å². The van der Waals surface area contributed by atoms with E-state index in [2.05, 4.69) is 5.32 Å². The number of phenols is 1. The van der Waals surface area contributed by atoms with Crippen LogP contribution in [0, 0.1) is 18.4 Å². The van der Waals surface area contributed by atoms with Crippen molar-refractivity contribution in [3.63, 3.8) is 0 Å². The van der Waals surface area contributed by atoms with Crippen LogP contribution in [0.3, 0.4) is 0 Å². The van der Waals surface area contributed by atoms with E-state index in [-0.39, 0.29) is 16.5 Å². The third-order valence-corrected chi connectivity index (χ3v) is 2.47. The molecular formula is C8H6Cl2N2O. The Bertz CT molecular complexity index is 385. The van der Waals surface area contributed by atoms with Crippen LogP contribution in [-0.2, 0) is 0 Å². The van der Waals surface area contributed by atoms with Gasteiger partial charge in [-0.05, 0) is 18.6 Å². The summed E-state index contributed by atoms with van der Waals surface area (Å²) in [5.74, 6) is -0.162. The lowest BCUT2D eigenvalue weighted by Gasteiger charge is -2.07. The molecular weight excluding hydrogens is 211 g/mol. The Labute approximate surface area is 85.5 Å². The molecule has 1 aromatic rings. The molecule has 0 spiro atoms. The van der Waals surface area contributed by atoms with Crippen molar-refractivity contribution in [2.45, 2.75) is 6.92 Å². The highest BCUT2D eigenvalue weighted by molar-refractivity contribution is 6.37. The molecule has 0 aliphatic rings. The van der Waals surface area contributed by atoms with Crippen molar-refractivity contribution in [3.05, 3.63) is 21.7 Å². The van der Waals surface area contributed by atoms with Gasteiger partial charge < -0.3 is 5.11 Å². The molecule has 0 amide bonds. The predicted molar refractivity (Wildman–Crippen MR) is 52.1 cm³/mol. The molecule has 1 aromatic carbocycles. The highest BCUT2D eigenvalue weighted by atomic mass is 35.5. The van der Waals surface area contributed by atoms with Crippen LogP contribution in [0.25, 0.3) is 0 Å². The van der Waals surface area contributed by atoms with E-state index in [1.165, 1.54) is 6.07 Å². The zero-order valence-corrected chi connectivity index (χ0v) is 8.24. The number of anilines is 1. The van der Waals surface area contributed by atoms with E-state index in [0.29, 0.717) is 10.6 Å². The Morgan fingerprint density at radius 1 is 1.54 bits per heavy atom. The second-order valence-corrected chi connectivity index (χ2v) is 3.22. The minimum atomic E-state index is -0.162. The molecule has 68 valence electrons. The minimum Gasteiger partial charge on any atom is -0.504 e. The summed E-state index contributed by atoms with van der Waals surface area (Å²) in [4.78, 5) is 0. The molecule has 5 heteroatoms. The Balaban J connectivity index is 3.34. The maximum absolute atomic E-state index is 9.43. The molecule has 0 radical (unpaired) electrons. The Hall–Kier alpha value is -1.11. The lowest BCUT2D eigenvalue weighted by atomic mass is 10.2. The number of phenolic OH excluding ortho intramolecular Hbond substituents is 1. The zero-order valence-electron chi connectivity index (χ0n) is 6.73. The molecule has 0 saturated carbocycles. The van der Waals surface area contributed by atoms with Crippen LogP contribution < -0.4 is 5.32 Å². The van der Waals surface area contributed by atoms with Gasteiger partial charge in [0.2, 0.25) is 0 Å². The van der Waals surface area contributed by atoms with Crippen LogP contribution in [0.2, 0.25) is 10.0 Å². The van der Waals surface area contributed by atoms with Crippen LogP contribution in [0.5, 0.6) is 5.75 Å². The first-order chi connectivity index (χ1) is 6.07. The standard InChI is InChI=1S/C8H6Cl2N2O/c1-4-5(9)2-6(12-3-11)8(13)7(4)10/h2,12-13H,1H3. The van der Waals surface area contributed by atoms with Gasteiger partial charge in [-0.1, -0.05) is 23.2 Å². The monoisotopic (exact) mass is 216 g/mol. The van der Waals surface area contributed by atoms with Crippen LogP contribution in [0.1, 0.15) is 5.56 Å². The van der Waals surface area contributed by atoms with Crippen molar-refractivity contribution in [3.8, 4) is 11.9 Å². The number of rotatable bonds is 1. The third-order valence-electron chi connectivity index (χ3n) is 1.61. The van der Waals surface area contributed by atoms with Gasteiger partial charge in [-0.2, -0.15) is 5.26 Å². The number of hydrogen-bond acceptors (Lipinski definition) is 3. The molecule has 0 fully saturated rings. The summed E-state index contributed by atoms with van der Waals surface area (Å²) in [6.07, 6.45) is 1.67. The predicted octanol–water partition coefficient (Wildman–Crippen LogP) is 2.90. The van der Waals surface area contributed by atoms with E-state index in [9.17, 15) is 5.11 Å². The van der Waals surface area contributed by atoms with E-state index in [0.717, 1.165) is 0 Å². The van der Waals surface area contributed by atoms with Gasteiger partial charge in [0, 0.05) is 5.02 Å². The van der Waals surface area contributed by atoms with Crippen molar-refractivity contribution in [1.82, 2.24) is 0 Å². The molecule has 1 rings (SSSR count). The minimum absolute atomic E-state index is 0.158. The number of hydrogen-bond donors (Lipinski definition) is 2. The maximum Gasteiger partial charge on any atom is 0.181 e. The van der Waals surface area contributed by atoms with E-state index in [1.807, 2.05) is 0 Å². The number of benzene rings is 1. The maximum atomic E-state index is 9.43. The molecule has 0 aliphatic heterocycles. The van der Waals surface area contributed by atoms with Crippen molar-refractivity contribution < 1.29 is 5.11 Å². The number of halogens is 2. The SMILES string of the molecule is Cc1c(Cl)cc(NC#N)c(O)c1Cl. The van der Waals surface area contributed by atoms with E-state index in [4.69, 9.17) is 28.5 Å². The fourth-order valence-electron chi connectivity index (χ4n) is 0.860. The summed E-state index contributed by atoms with van der Waals surface area (Å²) in [5, 5.41) is 20.6. The second kappa shape index (κ2) is 3.73. The summed E-state index contributed by atoms with van der Waals surface area (Å²) < 4.78 is 0. The first-order valence-electron chi connectivity index (χ1n) is 3.40. The smallest absolute Gasteiger partial charge is 0.181 e. The summed E-state index contributed by atoms with van der Waals surface area (Å²) >= 11 is 11.5. The molecule has 0 aromatic heterocycles. The zero-order chi connectivity index (χ0) is 10.0. The lowest BCUT2D eigenvalue weighted by Crippen LogP contribution is -1.90. The van der Waals surface area contributed by atoms with Gasteiger partial charge in [0.25, 0.3) is 0 Å². The van der Waals surface area contributed by atoms with Crippen LogP contribution >= 0.6 is 23.2 Å². The summed E-state index contributed by atoms with van der Waals surface area (Å²) in [7, 11) is 0.